The summed E-state index contributed by atoms with van der Waals surface area (Å²) in [4.78, 5) is 4.58. The average Bonchev–Trinajstić information content (AvgIpc) is 2.41. The van der Waals surface area contributed by atoms with Crippen LogP contribution < -0.4 is 5.32 Å². The number of aryl methyl sites for hydroxylation is 1. The minimum Gasteiger partial charge on any atom is -0.381 e. The van der Waals surface area contributed by atoms with Gasteiger partial charge in [-0.05, 0) is 37.9 Å². The first kappa shape index (κ1) is 12.5. The Labute approximate surface area is 104 Å². The Kier molecular flexibility index (Phi) is 4.51. The quantitative estimate of drug-likeness (QED) is 0.868. The summed E-state index contributed by atoms with van der Waals surface area (Å²) in [6, 6.07) is 4.52. The summed E-state index contributed by atoms with van der Waals surface area (Å²) < 4.78 is 5.59. The van der Waals surface area contributed by atoms with Crippen LogP contribution in [0.3, 0.4) is 0 Å². The van der Waals surface area contributed by atoms with E-state index < -0.39 is 0 Å². The number of rotatable bonds is 4. The van der Waals surface area contributed by atoms with Crippen LogP contribution in [-0.2, 0) is 11.2 Å². The molecule has 0 bridgehead atoms. The summed E-state index contributed by atoms with van der Waals surface area (Å²) in [5, 5.41) is 3.42. The second kappa shape index (κ2) is 6.12. The van der Waals surface area contributed by atoms with Crippen LogP contribution >= 0.6 is 0 Å². The van der Waals surface area contributed by atoms with Crippen LogP contribution in [0.5, 0.6) is 0 Å². The molecule has 0 aliphatic carbocycles. The molecular weight excluding hydrogens is 212 g/mol. The van der Waals surface area contributed by atoms with Crippen molar-refractivity contribution >= 4 is 0 Å². The third-order valence-electron chi connectivity index (χ3n) is 3.58. The molecule has 1 N–H and O–H groups in total. The third-order valence-corrected chi connectivity index (χ3v) is 3.58. The Morgan fingerprint density at radius 3 is 3.12 bits per heavy atom. The highest BCUT2D eigenvalue weighted by molar-refractivity contribution is 5.23. The first-order valence-electron chi connectivity index (χ1n) is 6.55. The van der Waals surface area contributed by atoms with Crippen LogP contribution in [0.15, 0.2) is 18.3 Å². The molecule has 0 spiro atoms. The van der Waals surface area contributed by atoms with Crippen molar-refractivity contribution in [3.05, 3.63) is 29.6 Å². The normalized spacial score (nSPS) is 22.4. The zero-order valence-corrected chi connectivity index (χ0v) is 10.8. The van der Waals surface area contributed by atoms with E-state index in [0.717, 1.165) is 26.1 Å². The molecule has 2 heterocycles. The van der Waals surface area contributed by atoms with Gasteiger partial charge < -0.3 is 10.1 Å². The van der Waals surface area contributed by atoms with Gasteiger partial charge in [0.2, 0.25) is 0 Å². The highest BCUT2D eigenvalue weighted by Crippen LogP contribution is 2.29. The molecule has 1 aliphatic heterocycles. The van der Waals surface area contributed by atoms with Crippen molar-refractivity contribution in [3.8, 4) is 0 Å². The zero-order valence-electron chi connectivity index (χ0n) is 10.8. The number of hydrogen-bond acceptors (Lipinski definition) is 3. The van der Waals surface area contributed by atoms with Gasteiger partial charge in [-0.3, -0.25) is 4.98 Å². The Hall–Kier alpha value is -0.930. The summed E-state index contributed by atoms with van der Waals surface area (Å²) in [5.41, 5.74) is 2.55. The van der Waals surface area contributed by atoms with Crippen molar-refractivity contribution in [1.29, 1.82) is 0 Å². The standard InChI is InChI=1S/C14H22N2O/c1-3-11-6-4-8-16-14(11)13(15-2)12-7-5-9-17-10-12/h4,6,8,12-13,15H,3,5,7,9-10H2,1-2H3. The molecule has 0 saturated carbocycles. The van der Waals surface area contributed by atoms with E-state index in [2.05, 4.69) is 23.3 Å². The van der Waals surface area contributed by atoms with Crippen molar-refractivity contribution in [2.75, 3.05) is 20.3 Å². The molecule has 94 valence electrons. The van der Waals surface area contributed by atoms with Crippen molar-refractivity contribution in [3.63, 3.8) is 0 Å². The largest absolute Gasteiger partial charge is 0.381 e. The molecule has 2 atom stereocenters. The predicted octanol–water partition coefficient (Wildman–Crippen LogP) is 2.33. The van der Waals surface area contributed by atoms with Crippen molar-refractivity contribution in [1.82, 2.24) is 10.3 Å². The lowest BCUT2D eigenvalue weighted by molar-refractivity contribution is 0.0394. The molecule has 2 rings (SSSR count). The smallest absolute Gasteiger partial charge is 0.0608 e. The summed E-state index contributed by atoms with van der Waals surface area (Å²) >= 11 is 0. The summed E-state index contributed by atoms with van der Waals surface area (Å²) in [6.07, 6.45) is 5.32. The summed E-state index contributed by atoms with van der Waals surface area (Å²) in [5.74, 6) is 0.550. The number of ether oxygens (including phenoxy) is 1. The fourth-order valence-corrected chi connectivity index (χ4v) is 2.65. The minimum absolute atomic E-state index is 0.325. The molecule has 3 nitrogen and oxygen atoms in total. The lowest BCUT2D eigenvalue weighted by Gasteiger charge is -2.30. The van der Waals surface area contributed by atoms with Gasteiger partial charge in [-0.1, -0.05) is 13.0 Å². The second-order valence-corrected chi connectivity index (χ2v) is 4.64. The Morgan fingerprint density at radius 2 is 2.47 bits per heavy atom. The molecular formula is C14H22N2O. The minimum atomic E-state index is 0.325. The van der Waals surface area contributed by atoms with E-state index in [1.54, 1.807) is 0 Å². The molecule has 17 heavy (non-hydrogen) atoms. The molecule has 0 amide bonds. The fraction of sp³-hybridized carbons (Fsp3) is 0.643. The highest BCUT2D eigenvalue weighted by atomic mass is 16.5. The van der Waals surface area contributed by atoms with Gasteiger partial charge >= 0.3 is 0 Å². The molecule has 1 aliphatic rings. The van der Waals surface area contributed by atoms with Crippen LogP contribution in [0, 0.1) is 5.92 Å². The zero-order chi connectivity index (χ0) is 12.1. The highest BCUT2D eigenvalue weighted by Gasteiger charge is 2.26. The molecule has 1 saturated heterocycles. The van der Waals surface area contributed by atoms with Crippen LogP contribution in [0.2, 0.25) is 0 Å². The van der Waals surface area contributed by atoms with E-state index in [1.165, 1.54) is 17.7 Å². The van der Waals surface area contributed by atoms with Gasteiger partial charge in [0.25, 0.3) is 0 Å². The van der Waals surface area contributed by atoms with Crippen molar-refractivity contribution in [2.45, 2.75) is 32.2 Å². The first-order chi connectivity index (χ1) is 8.36. The topological polar surface area (TPSA) is 34.2 Å². The fourth-order valence-electron chi connectivity index (χ4n) is 2.65. The van der Waals surface area contributed by atoms with Gasteiger partial charge in [-0.2, -0.15) is 0 Å². The number of hydrogen-bond donors (Lipinski definition) is 1. The Morgan fingerprint density at radius 1 is 1.59 bits per heavy atom. The van der Waals surface area contributed by atoms with E-state index in [1.807, 2.05) is 19.3 Å². The second-order valence-electron chi connectivity index (χ2n) is 4.64. The van der Waals surface area contributed by atoms with Crippen LogP contribution in [0.4, 0.5) is 0 Å². The molecule has 0 aromatic carbocycles. The van der Waals surface area contributed by atoms with Gasteiger partial charge in [-0.15, -0.1) is 0 Å². The van der Waals surface area contributed by atoms with E-state index >= 15 is 0 Å². The van der Waals surface area contributed by atoms with E-state index in [4.69, 9.17) is 4.74 Å². The maximum atomic E-state index is 5.59. The van der Waals surface area contributed by atoms with E-state index in [0.29, 0.717) is 12.0 Å². The molecule has 1 aromatic heterocycles. The molecule has 1 aromatic rings. The van der Waals surface area contributed by atoms with Crippen molar-refractivity contribution in [2.24, 2.45) is 5.92 Å². The van der Waals surface area contributed by atoms with Gasteiger partial charge in [0, 0.05) is 18.7 Å². The van der Waals surface area contributed by atoms with Gasteiger partial charge in [0.15, 0.2) is 0 Å². The Balaban J connectivity index is 2.21. The third kappa shape index (κ3) is 2.85. The number of nitrogens with one attached hydrogen (secondary N) is 1. The SMILES string of the molecule is CCc1cccnc1C(NC)C1CCCOC1. The lowest BCUT2D eigenvalue weighted by atomic mass is 9.89. The first-order valence-corrected chi connectivity index (χ1v) is 6.55. The Bertz CT molecular complexity index is 348. The monoisotopic (exact) mass is 234 g/mol. The van der Waals surface area contributed by atoms with E-state index in [9.17, 15) is 0 Å². The van der Waals surface area contributed by atoms with Gasteiger partial charge in [-0.25, -0.2) is 0 Å². The molecule has 1 fully saturated rings. The van der Waals surface area contributed by atoms with E-state index in [-0.39, 0.29) is 0 Å². The summed E-state index contributed by atoms with van der Waals surface area (Å²) in [7, 11) is 2.02. The number of nitrogens with zero attached hydrogens (tertiary/aromatic N) is 1. The lowest BCUT2D eigenvalue weighted by Crippen LogP contribution is -2.32. The van der Waals surface area contributed by atoms with Crippen LogP contribution in [-0.4, -0.2) is 25.2 Å². The molecule has 2 unspecified atom stereocenters. The summed E-state index contributed by atoms with van der Waals surface area (Å²) in [6.45, 7) is 3.95. The van der Waals surface area contributed by atoms with Crippen LogP contribution in [0.25, 0.3) is 0 Å². The average molecular weight is 234 g/mol. The van der Waals surface area contributed by atoms with Crippen molar-refractivity contribution < 1.29 is 4.74 Å². The van der Waals surface area contributed by atoms with Gasteiger partial charge in [0.05, 0.1) is 18.3 Å². The maximum absolute atomic E-state index is 5.59. The maximum Gasteiger partial charge on any atom is 0.0608 e. The number of pyridine rings is 1. The predicted molar refractivity (Wildman–Crippen MR) is 69.0 cm³/mol. The van der Waals surface area contributed by atoms with Crippen LogP contribution in [0.1, 0.15) is 37.1 Å². The molecule has 0 radical (unpaired) electrons. The molecule has 3 heteroatoms. The van der Waals surface area contributed by atoms with Gasteiger partial charge in [0.1, 0.15) is 0 Å². The number of aromatic nitrogens is 1.